The van der Waals surface area contributed by atoms with Gasteiger partial charge >= 0.3 is 0 Å². The Morgan fingerprint density at radius 2 is 1.85 bits per heavy atom. The van der Waals surface area contributed by atoms with Crippen molar-refractivity contribution in [2.45, 2.75) is 44.7 Å². The minimum Gasteiger partial charge on any atom is -0.371 e. The molecule has 0 saturated carbocycles. The number of hydrogen-bond acceptors (Lipinski definition) is 4. The van der Waals surface area contributed by atoms with E-state index >= 15 is 0 Å². The summed E-state index contributed by atoms with van der Waals surface area (Å²) in [5, 5.41) is 3.36. The Labute approximate surface area is 164 Å². The van der Waals surface area contributed by atoms with Gasteiger partial charge in [-0.3, -0.25) is 4.79 Å². The first-order valence-electron chi connectivity index (χ1n) is 10.4. The molecule has 2 saturated heterocycles. The number of anilines is 1. The van der Waals surface area contributed by atoms with Crippen LogP contribution in [0.4, 0.5) is 5.69 Å². The van der Waals surface area contributed by atoms with Gasteiger partial charge in [0.25, 0.3) is 0 Å². The molecule has 0 unspecified atom stereocenters. The molecule has 0 radical (unpaired) electrons. The van der Waals surface area contributed by atoms with Crippen LogP contribution in [0.15, 0.2) is 24.3 Å². The molecule has 5 nitrogen and oxygen atoms in total. The summed E-state index contributed by atoms with van der Waals surface area (Å²) in [7, 11) is 6.42. The number of likely N-dealkylation sites (tertiary alicyclic amines) is 1. The van der Waals surface area contributed by atoms with Gasteiger partial charge in [-0.1, -0.05) is 12.1 Å². The van der Waals surface area contributed by atoms with Crippen LogP contribution >= 0.6 is 0 Å². The Morgan fingerprint density at radius 3 is 2.52 bits per heavy atom. The van der Waals surface area contributed by atoms with E-state index in [1.54, 1.807) is 0 Å². The monoisotopic (exact) mass is 372 g/mol. The molecule has 1 N–H and O–H groups in total. The van der Waals surface area contributed by atoms with Crippen LogP contribution in [0.2, 0.25) is 0 Å². The molecule has 5 heteroatoms. The fourth-order valence-electron chi connectivity index (χ4n) is 4.45. The Bertz CT molecular complexity index is 624. The van der Waals surface area contributed by atoms with E-state index in [1.165, 1.54) is 11.3 Å². The van der Waals surface area contributed by atoms with E-state index in [0.29, 0.717) is 12.1 Å². The topological polar surface area (TPSA) is 38.8 Å². The van der Waals surface area contributed by atoms with Gasteiger partial charge in [0.15, 0.2) is 0 Å². The van der Waals surface area contributed by atoms with Crippen LogP contribution in [0.3, 0.4) is 0 Å². The Hall–Kier alpha value is -1.59. The average molecular weight is 373 g/mol. The van der Waals surface area contributed by atoms with Crippen molar-refractivity contribution in [3.05, 3.63) is 29.8 Å². The molecule has 2 aliphatic heterocycles. The van der Waals surface area contributed by atoms with Crippen molar-refractivity contribution in [2.75, 3.05) is 52.2 Å². The number of benzene rings is 1. The zero-order valence-electron chi connectivity index (χ0n) is 17.4. The van der Waals surface area contributed by atoms with Crippen LogP contribution in [0, 0.1) is 12.8 Å². The fraction of sp³-hybridized carbons (Fsp3) is 0.682. The van der Waals surface area contributed by atoms with E-state index in [4.69, 9.17) is 0 Å². The summed E-state index contributed by atoms with van der Waals surface area (Å²) < 4.78 is 0. The molecule has 27 heavy (non-hydrogen) atoms. The maximum Gasteiger partial charge on any atom is 0.224 e. The summed E-state index contributed by atoms with van der Waals surface area (Å²) in [6, 6.07) is 9.57. The largest absolute Gasteiger partial charge is 0.371 e. The van der Waals surface area contributed by atoms with E-state index in [-0.39, 0.29) is 11.8 Å². The third kappa shape index (κ3) is 5.45. The van der Waals surface area contributed by atoms with E-state index in [9.17, 15) is 4.79 Å². The van der Waals surface area contributed by atoms with E-state index in [2.05, 4.69) is 72.3 Å². The minimum absolute atomic E-state index is 0.120. The zero-order chi connectivity index (χ0) is 19.4. The summed E-state index contributed by atoms with van der Waals surface area (Å²) in [4.78, 5) is 19.9. The van der Waals surface area contributed by atoms with Gasteiger partial charge in [-0.15, -0.1) is 0 Å². The van der Waals surface area contributed by atoms with Crippen molar-refractivity contribution >= 4 is 11.6 Å². The van der Waals surface area contributed by atoms with Gasteiger partial charge in [-0.05, 0) is 71.4 Å². The van der Waals surface area contributed by atoms with Crippen LogP contribution in [0.1, 0.15) is 31.2 Å². The van der Waals surface area contributed by atoms with Crippen molar-refractivity contribution in [1.29, 1.82) is 0 Å². The standard InChI is InChI=1S/C22H36N4O/c1-17-6-5-7-20(14-17)26-12-10-19(11-13-26)23-22(27)18-8-9-21(24(2)3)16-25(4)15-18/h5-7,14,18-19,21H,8-13,15-16H2,1-4H3,(H,23,27)/t18-,21+/m1/s1. The molecule has 0 spiro atoms. The summed E-state index contributed by atoms with van der Waals surface area (Å²) in [6.45, 7) is 6.09. The van der Waals surface area contributed by atoms with Gasteiger partial charge in [0.1, 0.15) is 0 Å². The zero-order valence-corrected chi connectivity index (χ0v) is 17.4. The Balaban J connectivity index is 1.49. The number of piperidine rings is 1. The van der Waals surface area contributed by atoms with Crippen molar-refractivity contribution in [3.63, 3.8) is 0 Å². The number of carbonyl (C=O) groups excluding carboxylic acids is 1. The first-order valence-corrected chi connectivity index (χ1v) is 10.4. The first-order chi connectivity index (χ1) is 12.9. The van der Waals surface area contributed by atoms with E-state index in [0.717, 1.165) is 51.9 Å². The Morgan fingerprint density at radius 1 is 1.11 bits per heavy atom. The molecular formula is C22H36N4O. The molecule has 1 amide bonds. The highest BCUT2D eigenvalue weighted by atomic mass is 16.2. The molecule has 3 rings (SSSR count). The molecule has 2 heterocycles. The molecule has 2 fully saturated rings. The van der Waals surface area contributed by atoms with Crippen molar-refractivity contribution in [1.82, 2.24) is 15.1 Å². The second-order valence-corrected chi connectivity index (χ2v) is 8.72. The van der Waals surface area contributed by atoms with Crippen molar-refractivity contribution < 1.29 is 4.79 Å². The average Bonchev–Trinajstić information content (AvgIpc) is 2.84. The molecule has 2 atom stereocenters. The normalized spacial score (nSPS) is 25.4. The van der Waals surface area contributed by atoms with Crippen LogP contribution in [0.5, 0.6) is 0 Å². The molecule has 0 bridgehead atoms. The molecule has 150 valence electrons. The summed E-state index contributed by atoms with van der Waals surface area (Å²) in [5.41, 5.74) is 2.61. The van der Waals surface area contributed by atoms with Gasteiger partial charge < -0.3 is 20.0 Å². The lowest BCUT2D eigenvalue weighted by Crippen LogP contribution is -2.47. The smallest absolute Gasteiger partial charge is 0.224 e. The molecule has 2 aliphatic rings. The predicted molar refractivity (Wildman–Crippen MR) is 112 cm³/mol. The second kappa shape index (κ2) is 9.07. The van der Waals surface area contributed by atoms with Crippen LogP contribution < -0.4 is 10.2 Å². The molecule has 1 aromatic rings. The van der Waals surface area contributed by atoms with Crippen LogP contribution in [0.25, 0.3) is 0 Å². The number of nitrogens with one attached hydrogen (secondary N) is 1. The summed E-state index contributed by atoms with van der Waals surface area (Å²) >= 11 is 0. The summed E-state index contributed by atoms with van der Waals surface area (Å²) in [5.74, 6) is 0.380. The maximum atomic E-state index is 12.9. The molecule has 0 aliphatic carbocycles. The fourth-order valence-corrected chi connectivity index (χ4v) is 4.45. The van der Waals surface area contributed by atoms with Crippen LogP contribution in [-0.2, 0) is 4.79 Å². The number of carbonyl (C=O) groups is 1. The third-order valence-corrected chi connectivity index (χ3v) is 6.21. The van der Waals surface area contributed by atoms with Crippen molar-refractivity contribution in [3.8, 4) is 0 Å². The predicted octanol–water partition coefficient (Wildman–Crippen LogP) is 2.35. The number of likely N-dealkylation sites (N-methyl/N-ethyl adjacent to an activating group) is 2. The first kappa shape index (κ1) is 20.2. The van der Waals surface area contributed by atoms with Gasteiger partial charge in [0.05, 0.1) is 5.92 Å². The SMILES string of the molecule is Cc1cccc(N2CCC(NC(=O)[C@@H]3CC[C@H](N(C)C)CN(C)C3)CC2)c1. The number of aryl methyl sites for hydroxylation is 1. The lowest BCUT2D eigenvalue weighted by atomic mass is 9.98. The molecule has 0 aromatic heterocycles. The third-order valence-electron chi connectivity index (χ3n) is 6.21. The number of hydrogen-bond donors (Lipinski definition) is 1. The van der Waals surface area contributed by atoms with Gasteiger partial charge in [0, 0.05) is 44.0 Å². The van der Waals surface area contributed by atoms with Crippen LogP contribution in [-0.4, -0.2) is 75.1 Å². The molecule has 1 aromatic carbocycles. The molecular weight excluding hydrogens is 336 g/mol. The lowest BCUT2D eigenvalue weighted by molar-refractivity contribution is -0.126. The maximum absolute atomic E-state index is 12.9. The van der Waals surface area contributed by atoms with Gasteiger partial charge in [-0.25, -0.2) is 0 Å². The highest BCUT2D eigenvalue weighted by Crippen LogP contribution is 2.22. The van der Waals surface area contributed by atoms with Crippen molar-refractivity contribution in [2.24, 2.45) is 5.92 Å². The Kier molecular flexibility index (Phi) is 6.77. The highest BCUT2D eigenvalue weighted by Gasteiger charge is 2.29. The minimum atomic E-state index is 0.120. The number of rotatable bonds is 4. The van der Waals surface area contributed by atoms with E-state index < -0.39 is 0 Å². The van der Waals surface area contributed by atoms with E-state index in [1.807, 2.05) is 0 Å². The lowest BCUT2D eigenvalue weighted by Gasteiger charge is -2.34. The highest BCUT2D eigenvalue weighted by molar-refractivity contribution is 5.79. The van der Waals surface area contributed by atoms with Gasteiger partial charge in [0.2, 0.25) is 5.91 Å². The van der Waals surface area contributed by atoms with Gasteiger partial charge in [-0.2, -0.15) is 0 Å². The number of nitrogens with zero attached hydrogens (tertiary/aromatic N) is 3. The number of amides is 1. The summed E-state index contributed by atoms with van der Waals surface area (Å²) in [6.07, 6.45) is 4.15. The quantitative estimate of drug-likeness (QED) is 0.881. The second-order valence-electron chi connectivity index (χ2n) is 8.72.